The molecule has 7 heteroatoms. The molecule has 1 heterocycles. The fourth-order valence-electron chi connectivity index (χ4n) is 2.39. The molecule has 26 heavy (non-hydrogen) atoms. The highest BCUT2D eigenvalue weighted by Crippen LogP contribution is 2.32. The van der Waals surface area contributed by atoms with Gasteiger partial charge in [-0.1, -0.05) is 48.8 Å². The van der Waals surface area contributed by atoms with Crippen LogP contribution < -0.4 is 4.74 Å². The monoisotopic (exact) mass is 407 g/mol. The Morgan fingerprint density at radius 1 is 1.04 bits per heavy atom. The smallest absolute Gasteiger partial charge is 0.196 e. The molecule has 0 bridgehead atoms. The summed E-state index contributed by atoms with van der Waals surface area (Å²) >= 11 is 14.0. The van der Waals surface area contributed by atoms with Gasteiger partial charge in [0.25, 0.3) is 0 Å². The molecule has 0 aliphatic heterocycles. The molecule has 3 rings (SSSR count). The van der Waals surface area contributed by atoms with E-state index in [1.807, 2.05) is 41.0 Å². The van der Waals surface area contributed by atoms with Gasteiger partial charge in [-0.2, -0.15) is 0 Å². The summed E-state index contributed by atoms with van der Waals surface area (Å²) in [7, 11) is 1.65. The van der Waals surface area contributed by atoms with Crippen molar-refractivity contribution in [1.82, 2.24) is 14.8 Å². The van der Waals surface area contributed by atoms with E-state index in [-0.39, 0.29) is 0 Å². The Bertz CT molecular complexity index is 894. The summed E-state index contributed by atoms with van der Waals surface area (Å²) in [5.41, 5.74) is 1.82. The van der Waals surface area contributed by atoms with Gasteiger partial charge in [-0.05, 0) is 48.4 Å². The first-order valence-electron chi connectivity index (χ1n) is 8.17. The van der Waals surface area contributed by atoms with Crippen LogP contribution >= 0.6 is 35.0 Å². The summed E-state index contributed by atoms with van der Waals surface area (Å²) < 4.78 is 7.25. The maximum Gasteiger partial charge on any atom is 0.196 e. The van der Waals surface area contributed by atoms with Gasteiger partial charge in [0.1, 0.15) is 5.75 Å². The number of hydrogen-bond donors (Lipinski definition) is 0. The normalized spacial score (nSPS) is 11.2. The molecule has 0 unspecified atom stereocenters. The molecule has 0 radical (unpaired) electrons. The van der Waals surface area contributed by atoms with E-state index in [4.69, 9.17) is 27.9 Å². The van der Waals surface area contributed by atoms with Gasteiger partial charge < -0.3 is 4.74 Å². The molecule has 1 aromatic heterocycles. The summed E-state index contributed by atoms with van der Waals surface area (Å²) in [6.07, 6.45) is 0. The average molecular weight is 408 g/mol. The van der Waals surface area contributed by atoms with Crippen molar-refractivity contribution in [2.24, 2.45) is 5.92 Å². The zero-order chi connectivity index (χ0) is 18.7. The van der Waals surface area contributed by atoms with E-state index < -0.39 is 0 Å². The fourth-order valence-corrected chi connectivity index (χ4v) is 3.58. The van der Waals surface area contributed by atoms with Gasteiger partial charge in [-0.15, -0.1) is 10.2 Å². The van der Waals surface area contributed by atoms with E-state index in [0.717, 1.165) is 33.7 Å². The molecule has 0 spiro atoms. The Labute approximate surface area is 167 Å². The number of hydrogen-bond acceptors (Lipinski definition) is 4. The van der Waals surface area contributed by atoms with E-state index in [2.05, 4.69) is 24.0 Å². The van der Waals surface area contributed by atoms with E-state index in [1.165, 1.54) is 0 Å². The van der Waals surface area contributed by atoms with E-state index >= 15 is 0 Å². The molecule has 2 aromatic carbocycles. The molecular formula is C19H19Cl2N3OS. The summed E-state index contributed by atoms with van der Waals surface area (Å²) in [5.74, 6) is 3.03. The summed E-state index contributed by atoms with van der Waals surface area (Å²) in [6, 6.07) is 13.3. The molecule has 0 N–H and O–H groups in total. The highest BCUT2D eigenvalue weighted by atomic mass is 35.5. The Kier molecular flexibility index (Phi) is 6.12. The maximum atomic E-state index is 6.24. The van der Waals surface area contributed by atoms with Gasteiger partial charge in [0.05, 0.1) is 22.8 Å². The third-order valence-electron chi connectivity index (χ3n) is 3.69. The number of methoxy groups -OCH3 is 1. The van der Waals surface area contributed by atoms with Crippen LogP contribution in [0.1, 0.15) is 13.8 Å². The van der Waals surface area contributed by atoms with Gasteiger partial charge in [0, 0.05) is 11.3 Å². The molecule has 4 nitrogen and oxygen atoms in total. The number of halogens is 2. The van der Waals surface area contributed by atoms with Gasteiger partial charge in [-0.3, -0.25) is 4.57 Å². The minimum atomic E-state index is 0.498. The van der Waals surface area contributed by atoms with Crippen molar-refractivity contribution in [2.45, 2.75) is 19.0 Å². The van der Waals surface area contributed by atoms with Crippen LogP contribution in [0, 0.1) is 5.92 Å². The quantitative estimate of drug-likeness (QED) is 0.469. The lowest BCUT2D eigenvalue weighted by atomic mass is 10.2. The lowest BCUT2D eigenvalue weighted by molar-refractivity contribution is 0.415. The number of thioether (sulfide) groups is 1. The maximum absolute atomic E-state index is 6.24. The van der Waals surface area contributed by atoms with Gasteiger partial charge in [0.2, 0.25) is 0 Å². The van der Waals surface area contributed by atoms with Crippen LogP contribution in [0.25, 0.3) is 17.1 Å². The predicted molar refractivity (Wildman–Crippen MR) is 109 cm³/mol. The van der Waals surface area contributed by atoms with Gasteiger partial charge in [-0.25, -0.2) is 0 Å². The predicted octanol–water partition coefficient (Wildman–Crippen LogP) is 6.00. The topological polar surface area (TPSA) is 39.9 Å². The van der Waals surface area contributed by atoms with Crippen LogP contribution in [0.2, 0.25) is 10.0 Å². The number of rotatable bonds is 6. The molecule has 0 aliphatic rings. The summed E-state index contributed by atoms with van der Waals surface area (Å²) in [5, 5.41) is 10.7. The number of benzene rings is 2. The van der Waals surface area contributed by atoms with Crippen molar-refractivity contribution in [3.63, 3.8) is 0 Å². The highest BCUT2D eigenvalue weighted by Gasteiger charge is 2.17. The van der Waals surface area contributed by atoms with Crippen LogP contribution in [0.15, 0.2) is 47.6 Å². The SMILES string of the molecule is COc1ccc(-c2nnc(SCC(C)C)n2-c2ccc(Cl)c(Cl)c2)cc1. The third kappa shape index (κ3) is 4.17. The third-order valence-corrected chi connectivity index (χ3v) is 5.78. The van der Waals surface area contributed by atoms with Crippen molar-refractivity contribution in [1.29, 1.82) is 0 Å². The number of nitrogens with zero attached hydrogens (tertiary/aromatic N) is 3. The van der Waals surface area contributed by atoms with Crippen molar-refractivity contribution in [3.05, 3.63) is 52.5 Å². The second-order valence-corrected chi connectivity index (χ2v) is 7.97. The van der Waals surface area contributed by atoms with Crippen LogP contribution in [0.5, 0.6) is 5.75 Å². The van der Waals surface area contributed by atoms with Crippen LogP contribution in [0.3, 0.4) is 0 Å². The Morgan fingerprint density at radius 2 is 1.77 bits per heavy atom. The lowest BCUT2D eigenvalue weighted by Crippen LogP contribution is -2.01. The van der Waals surface area contributed by atoms with Crippen molar-refractivity contribution >= 4 is 35.0 Å². The van der Waals surface area contributed by atoms with Crippen LogP contribution in [-0.4, -0.2) is 27.6 Å². The van der Waals surface area contributed by atoms with Crippen molar-refractivity contribution < 1.29 is 4.74 Å². The van der Waals surface area contributed by atoms with E-state index in [0.29, 0.717) is 16.0 Å². The molecular weight excluding hydrogens is 389 g/mol. The largest absolute Gasteiger partial charge is 0.497 e. The average Bonchev–Trinajstić information content (AvgIpc) is 3.06. The molecule has 0 saturated heterocycles. The summed E-state index contributed by atoms with van der Waals surface area (Å²) in [4.78, 5) is 0. The fraction of sp³-hybridized carbons (Fsp3) is 0.263. The zero-order valence-electron chi connectivity index (χ0n) is 14.7. The molecule has 0 atom stereocenters. The Morgan fingerprint density at radius 3 is 2.38 bits per heavy atom. The standard InChI is InChI=1S/C19H19Cl2N3OS/c1-12(2)11-26-19-23-22-18(13-4-7-15(25-3)8-5-13)24(19)14-6-9-16(20)17(21)10-14/h4-10,12H,11H2,1-3H3. The minimum Gasteiger partial charge on any atom is -0.497 e. The van der Waals surface area contributed by atoms with Crippen LogP contribution in [0.4, 0.5) is 0 Å². The molecule has 0 fully saturated rings. The second kappa shape index (κ2) is 8.33. The molecule has 0 amide bonds. The lowest BCUT2D eigenvalue weighted by Gasteiger charge is -2.12. The Balaban J connectivity index is 2.09. The number of aromatic nitrogens is 3. The molecule has 0 aliphatic carbocycles. The van der Waals surface area contributed by atoms with E-state index in [1.54, 1.807) is 24.9 Å². The van der Waals surface area contributed by atoms with E-state index in [9.17, 15) is 0 Å². The minimum absolute atomic E-state index is 0.498. The second-order valence-electron chi connectivity index (χ2n) is 6.17. The zero-order valence-corrected chi connectivity index (χ0v) is 17.1. The Hall–Kier alpha value is -1.69. The first-order chi connectivity index (χ1) is 12.5. The first-order valence-corrected chi connectivity index (χ1v) is 9.92. The van der Waals surface area contributed by atoms with Crippen LogP contribution in [-0.2, 0) is 0 Å². The van der Waals surface area contributed by atoms with Gasteiger partial charge in [0.15, 0.2) is 11.0 Å². The summed E-state index contributed by atoms with van der Waals surface area (Å²) in [6.45, 7) is 4.36. The van der Waals surface area contributed by atoms with Crippen molar-refractivity contribution in [3.8, 4) is 22.8 Å². The highest BCUT2D eigenvalue weighted by molar-refractivity contribution is 7.99. The molecule has 0 saturated carbocycles. The molecule has 3 aromatic rings. The van der Waals surface area contributed by atoms with Gasteiger partial charge >= 0.3 is 0 Å². The molecule has 136 valence electrons. The number of ether oxygens (including phenoxy) is 1. The first kappa shape index (κ1) is 19.1. The van der Waals surface area contributed by atoms with Crippen molar-refractivity contribution in [2.75, 3.05) is 12.9 Å².